The molecule has 208 valence electrons. The van der Waals surface area contributed by atoms with Crippen LogP contribution in [0.5, 0.6) is 0 Å². The van der Waals surface area contributed by atoms with E-state index in [4.69, 9.17) is 0 Å². The summed E-state index contributed by atoms with van der Waals surface area (Å²) in [7, 11) is 0. The minimum Gasteiger partial charge on any atom is -0.338 e. The number of fused-ring (bicyclic) bond motifs is 3. The maximum absolute atomic E-state index is 14.8. The quantitative estimate of drug-likeness (QED) is 0.441. The van der Waals surface area contributed by atoms with E-state index in [0.29, 0.717) is 44.7 Å². The molecule has 1 aliphatic carbocycles. The molecule has 2 heterocycles. The van der Waals surface area contributed by atoms with Gasteiger partial charge in [0.2, 0.25) is 11.6 Å². The van der Waals surface area contributed by atoms with E-state index in [1.54, 1.807) is 18.2 Å². The topological polar surface area (TPSA) is 32.3 Å². The zero-order valence-corrected chi connectivity index (χ0v) is 22.5. The fraction of sp³-hybridized carbons (Fsp3) is 0.552. The first-order valence-electron chi connectivity index (χ1n) is 13.0. The highest BCUT2D eigenvalue weighted by Crippen LogP contribution is 2.52. The molecule has 5 rings (SSSR count). The number of rotatable bonds is 4. The van der Waals surface area contributed by atoms with Crippen molar-refractivity contribution in [2.45, 2.75) is 75.7 Å². The number of carbonyl (C=O) groups is 1. The molecule has 3 aliphatic rings. The lowest BCUT2D eigenvalue weighted by Crippen LogP contribution is -2.54. The number of piperidine rings is 1. The van der Waals surface area contributed by atoms with Crippen molar-refractivity contribution in [1.82, 2.24) is 10.2 Å². The van der Waals surface area contributed by atoms with E-state index in [1.807, 2.05) is 11.8 Å². The van der Waals surface area contributed by atoms with Gasteiger partial charge in [0.1, 0.15) is 5.82 Å². The number of alkyl halides is 4. The van der Waals surface area contributed by atoms with Crippen LogP contribution in [0.25, 0.3) is 0 Å². The van der Waals surface area contributed by atoms with Crippen LogP contribution in [0.3, 0.4) is 0 Å². The molecule has 1 unspecified atom stereocenters. The summed E-state index contributed by atoms with van der Waals surface area (Å²) in [6, 6.07) is 10.4. The van der Waals surface area contributed by atoms with Crippen molar-refractivity contribution in [1.29, 1.82) is 0 Å². The monoisotopic (exact) mass is 556 g/mol. The summed E-state index contributed by atoms with van der Waals surface area (Å²) in [6.07, 6.45) is -1.28. The van der Waals surface area contributed by atoms with Gasteiger partial charge >= 0.3 is 6.18 Å². The van der Waals surface area contributed by atoms with E-state index < -0.39 is 28.2 Å². The first kappa shape index (κ1) is 28.8. The van der Waals surface area contributed by atoms with E-state index in [2.05, 4.69) is 5.32 Å². The summed E-state index contributed by atoms with van der Waals surface area (Å²) in [5.41, 5.74) is -2.37. The van der Waals surface area contributed by atoms with Crippen LogP contribution in [0.2, 0.25) is 0 Å². The number of benzene rings is 2. The third-order valence-corrected chi connectivity index (χ3v) is 9.13. The van der Waals surface area contributed by atoms with Crippen molar-refractivity contribution in [3.8, 4) is 0 Å². The normalized spacial score (nSPS) is 26.1. The Hall–Kier alpha value is -2.19. The van der Waals surface area contributed by atoms with Gasteiger partial charge in [0.05, 0.1) is 0 Å². The molecule has 2 aliphatic heterocycles. The van der Waals surface area contributed by atoms with Crippen LogP contribution in [0.1, 0.15) is 61.8 Å². The summed E-state index contributed by atoms with van der Waals surface area (Å²) in [6.45, 7) is 4.71. The molecular weight excluding hydrogens is 523 g/mol. The Morgan fingerprint density at radius 1 is 1.05 bits per heavy atom. The first-order valence-corrected chi connectivity index (χ1v) is 13.0. The molecule has 9 heteroatoms. The largest absolute Gasteiger partial charge is 0.426 e. The van der Waals surface area contributed by atoms with E-state index in [-0.39, 0.29) is 30.2 Å². The summed E-state index contributed by atoms with van der Waals surface area (Å²) in [5, 5.41) is 3.32. The van der Waals surface area contributed by atoms with Gasteiger partial charge in [0, 0.05) is 23.4 Å². The zero-order valence-electron chi connectivity index (χ0n) is 21.6. The van der Waals surface area contributed by atoms with Crippen molar-refractivity contribution < 1.29 is 26.7 Å². The third kappa shape index (κ3) is 4.72. The zero-order chi connectivity index (χ0) is 26.6. The molecule has 1 N–H and O–H groups in total. The van der Waals surface area contributed by atoms with Crippen LogP contribution in [-0.4, -0.2) is 42.7 Å². The van der Waals surface area contributed by atoms with Crippen LogP contribution in [0, 0.1) is 11.2 Å². The maximum Gasteiger partial charge on any atom is 0.426 e. The van der Waals surface area contributed by atoms with Crippen LogP contribution in [-0.2, 0) is 28.7 Å². The average molecular weight is 557 g/mol. The van der Waals surface area contributed by atoms with E-state index in [1.165, 1.54) is 24.3 Å². The lowest BCUT2D eigenvalue weighted by molar-refractivity contribution is -0.228. The van der Waals surface area contributed by atoms with Crippen LogP contribution in [0.4, 0.5) is 22.0 Å². The number of nitrogens with one attached hydrogen (secondary N) is 1. The van der Waals surface area contributed by atoms with E-state index >= 15 is 0 Å². The summed E-state index contributed by atoms with van der Waals surface area (Å²) >= 11 is 0. The van der Waals surface area contributed by atoms with Gasteiger partial charge in [0.25, 0.3) is 0 Å². The van der Waals surface area contributed by atoms with Crippen LogP contribution in [0.15, 0.2) is 42.5 Å². The molecular formula is C29H34ClF5N2O. The molecule has 1 amide bonds. The minimum atomic E-state index is -5.02. The van der Waals surface area contributed by atoms with Gasteiger partial charge in [0.15, 0.2) is 0 Å². The number of amides is 1. The summed E-state index contributed by atoms with van der Waals surface area (Å²) in [4.78, 5) is 15.9. The molecule has 0 spiro atoms. The van der Waals surface area contributed by atoms with Crippen molar-refractivity contribution in [3.05, 3.63) is 70.5 Å². The minimum absolute atomic E-state index is 0. The second-order valence-electron chi connectivity index (χ2n) is 11.4. The van der Waals surface area contributed by atoms with Gasteiger partial charge in [-0.1, -0.05) is 37.3 Å². The lowest BCUT2D eigenvalue weighted by Gasteiger charge is -2.46. The summed E-state index contributed by atoms with van der Waals surface area (Å²) < 4.78 is 68.9. The van der Waals surface area contributed by atoms with Crippen LogP contribution >= 0.6 is 12.4 Å². The Labute approximate surface area is 226 Å². The van der Waals surface area contributed by atoms with Crippen molar-refractivity contribution >= 4 is 18.3 Å². The highest BCUT2D eigenvalue weighted by atomic mass is 35.5. The van der Waals surface area contributed by atoms with Gasteiger partial charge in [-0.15, -0.1) is 12.4 Å². The standard InChI is InChI=1S/C29H33F5N2O.ClH/c1-26(11-14-35-15-12-26)25(37)36-16-13-28(18-19-3-7-22(30)8-4-19)23-9-6-21(27(2,31)29(32,33)34)17-20(23)5-10-24(28)36;/h3-4,6-9,17,24,35H,5,10-16,18H2,1-2H3;1H/t24-,27?,28-;/m1./s1. The molecule has 2 aromatic carbocycles. The Bertz CT molecular complexity index is 1180. The number of halogens is 6. The molecule has 0 saturated carbocycles. The molecule has 3 atom stereocenters. The van der Waals surface area contributed by atoms with Gasteiger partial charge in [-0.3, -0.25) is 4.79 Å². The molecule has 2 saturated heterocycles. The predicted molar refractivity (Wildman–Crippen MR) is 139 cm³/mol. The number of carbonyl (C=O) groups excluding carboxylic acids is 1. The summed E-state index contributed by atoms with van der Waals surface area (Å²) in [5.74, 6) is -0.212. The highest BCUT2D eigenvalue weighted by molar-refractivity contribution is 5.85. The number of nitrogens with zero attached hydrogens (tertiary/aromatic N) is 1. The molecule has 0 bridgehead atoms. The number of aryl methyl sites for hydroxylation is 1. The van der Waals surface area contributed by atoms with Crippen molar-refractivity contribution in [3.63, 3.8) is 0 Å². The molecule has 2 fully saturated rings. The van der Waals surface area contributed by atoms with Crippen molar-refractivity contribution in [2.75, 3.05) is 19.6 Å². The van der Waals surface area contributed by atoms with E-state index in [0.717, 1.165) is 37.1 Å². The van der Waals surface area contributed by atoms with Crippen LogP contribution < -0.4 is 5.32 Å². The van der Waals surface area contributed by atoms with Gasteiger partial charge < -0.3 is 10.2 Å². The van der Waals surface area contributed by atoms with E-state index in [9.17, 15) is 26.7 Å². The van der Waals surface area contributed by atoms with Gasteiger partial charge in [-0.25, -0.2) is 8.78 Å². The second-order valence-corrected chi connectivity index (χ2v) is 11.4. The Balaban J connectivity index is 0.00000336. The van der Waals surface area contributed by atoms with Gasteiger partial charge in [-0.2, -0.15) is 13.2 Å². The van der Waals surface area contributed by atoms with Gasteiger partial charge in [-0.05, 0) is 92.9 Å². The fourth-order valence-corrected chi connectivity index (χ4v) is 6.77. The molecule has 0 aromatic heterocycles. The molecule has 38 heavy (non-hydrogen) atoms. The third-order valence-electron chi connectivity index (χ3n) is 9.13. The second kappa shape index (κ2) is 10.1. The number of hydrogen-bond donors (Lipinski definition) is 1. The SMILES string of the molecule is CC1(C(=O)N2CC[C@@]3(Cc4ccc(F)cc4)c4ccc(C(C)(F)C(F)(F)F)cc4CC[C@@H]23)CCNCC1.Cl. The predicted octanol–water partition coefficient (Wildman–Crippen LogP) is 6.41. The average Bonchev–Trinajstić information content (AvgIpc) is 3.23. The Morgan fingerprint density at radius 3 is 2.34 bits per heavy atom. The lowest BCUT2D eigenvalue weighted by atomic mass is 9.63. The number of hydrogen-bond acceptors (Lipinski definition) is 2. The highest BCUT2D eigenvalue weighted by Gasteiger charge is 2.56. The maximum atomic E-state index is 14.8. The molecule has 3 nitrogen and oxygen atoms in total. The first-order chi connectivity index (χ1) is 17.4. The molecule has 2 aromatic rings. The number of likely N-dealkylation sites (tertiary alicyclic amines) is 1. The fourth-order valence-electron chi connectivity index (χ4n) is 6.77. The molecule has 0 radical (unpaired) electrons. The Kier molecular flexibility index (Phi) is 7.65. The van der Waals surface area contributed by atoms with Crippen molar-refractivity contribution in [2.24, 2.45) is 5.41 Å². The smallest absolute Gasteiger partial charge is 0.338 e. The Morgan fingerprint density at radius 2 is 1.71 bits per heavy atom.